The Morgan fingerprint density at radius 2 is 2.08 bits per heavy atom. The lowest BCUT2D eigenvalue weighted by atomic mass is 10.1. The molecule has 1 atom stereocenters. The van der Waals surface area contributed by atoms with E-state index in [1.165, 1.54) is 0 Å². The van der Waals surface area contributed by atoms with Crippen LogP contribution < -0.4 is 10.9 Å². The molecule has 0 saturated carbocycles. The minimum Gasteiger partial charge on any atom is -0.349 e. The standard InChI is InChI=1S/C20H24N4O2/c1-12-5-6-15-10-16(20(26)22-18(15)9-12)7-8-19(25)21-13(2)17-11-24(4)23-14(17)3/h5-6,9-11,13H,7-8H2,1-4H3,(H,21,25)(H,22,26)/t13-/m1/s1. The zero-order chi connectivity index (χ0) is 18.8. The van der Waals surface area contributed by atoms with Crippen molar-refractivity contribution in [2.45, 2.75) is 39.7 Å². The van der Waals surface area contributed by atoms with Gasteiger partial charge in [-0.25, -0.2) is 0 Å². The first-order chi connectivity index (χ1) is 12.3. The normalized spacial score (nSPS) is 12.3. The fourth-order valence-electron chi connectivity index (χ4n) is 3.23. The van der Waals surface area contributed by atoms with Gasteiger partial charge in [-0.1, -0.05) is 12.1 Å². The highest BCUT2D eigenvalue weighted by atomic mass is 16.1. The summed E-state index contributed by atoms with van der Waals surface area (Å²) in [7, 11) is 1.86. The molecule has 2 aromatic heterocycles. The van der Waals surface area contributed by atoms with Gasteiger partial charge in [0.25, 0.3) is 5.56 Å². The number of nitrogens with zero attached hydrogens (tertiary/aromatic N) is 2. The summed E-state index contributed by atoms with van der Waals surface area (Å²) < 4.78 is 1.74. The third-order valence-electron chi connectivity index (χ3n) is 4.60. The number of aryl methyl sites for hydroxylation is 4. The molecule has 0 unspecified atom stereocenters. The number of carbonyl (C=O) groups excluding carboxylic acids is 1. The molecule has 0 aliphatic heterocycles. The molecular weight excluding hydrogens is 328 g/mol. The Balaban J connectivity index is 1.67. The predicted molar refractivity (Wildman–Crippen MR) is 102 cm³/mol. The van der Waals surface area contributed by atoms with Crippen LogP contribution in [0.1, 0.15) is 41.8 Å². The van der Waals surface area contributed by atoms with E-state index in [1.807, 2.05) is 58.3 Å². The number of hydrogen-bond donors (Lipinski definition) is 2. The van der Waals surface area contributed by atoms with Crippen LogP contribution in [0.4, 0.5) is 0 Å². The summed E-state index contributed by atoms with van der Waals surface area (Å²) in [4.78, 5) is 27.4. The average Bonchev–Trinajstić information content (AvgIpc) is 2.91. The molecule has 1 aromatic carbocycles. The van der Waals surface area contributed by atoms with E-state index in [4.69, 9.17) is 0 Å². The van der Waals surface area contributed by atoms with Crippen LogP contribution in [-0.4, -0.2) is 20.7 Å². The third kappa shape index (κ3) is 3.85. The molecule has 0 fully saturated rings. The largest absolute Gasteiger partial charge is 0.349 e. The van der Waals surface area contributed by atoms with Crippen LogP contribution in [0.25, 0.3) is 10.9 Å². The number of benzene rings is 1. The molecule has 2 heterocycles. The lowest BCUT2D eigenvalue weighted by molar-refractivity contribution is -0.121. The summed E-state index contributed by atoms with van der Waals surface area (Å²) in [5.74, 6) is -0.0795. The Bertz CT molecular complexity index is 1020. The Kier molecular flexibility index (Phi) is 4.93. The van der Waals surface area contributed by atoms with Gasteiger partial charge in [0.05, 0.1) is 11.7 Å². The molecular formula is C20H24N4O2. The first-order valence-electron chi connectivity index (χ1n) is 8.75. The SMILES string of the molecule is Cc1ccc2cc(CCC(=O)N[C@H](C)c3cn(C)nc3C)c(=O)[nH]c2c1. The van der Waals surface area contributed by atoms with Gasteiger partial charge >= 0.3 is 0 Å². The molecule has 6 nitrogen and oxygen atoms in total. The van der Waals surface area contributed by atoms with Crippen molar-refractivity contribution >= 4 is 16.8 Å². The van der Waals surface area contributed by atoms with Gasteiger partial charge in [-0.15, -0.1) is 0 Å². The van der Waals surface area contributed by atoms with Gasteiger partial charge in [0.15, 0.2) is 0 Å². The van der Waals surface area contributed by atoms with E-state index in [1.54, 1.807) is 4.68 Å². The first-order valence-corrected chi connectivity index (χ1v) is 8.75. The Labute approximate surface area is 152 Å². The summed E-state index contributed by atoms with van der Waals surface area (Å²) in [5, 5.41) is 8.26. The summed E-state index contributed by atoms with van der Waals surface area (Å²) >= 11 is 0. The second-order valence-electron chi connectivity index (χ2n) is 6.85. The highest BCUT2D eigenvalue weighted by Gasteiger charge is 2.15. The van der Waals surface area contributed by atoms with E-state index in [0.29, 0.717) is 12.0 Å². The van der Waals surface area contributed by atoms with E-state index in [0.717, 1.165) is 27.7 Å². The van der Waals surface area contributed by atoms with Crippen LogP contribution in [0.3, 0.4) is 0 Å². The molecule has 0 bridgehead atoms. The van der Waals surface area contributed by atoms with E-state index >= 15 is 0 Å². The number of pyridine rings is 1. The zero-order valence-corrected chi connectivity index (χ0v) is 15.6. The van der Waals surface area contributed by atoms with Crippen LogP contribution >= 0.6 is 0 Å². The lowest BCUT2D eigenvalue weighted by Gasteiger charge is -2.13. The van der Waals surface area contributed by atoms with Gasteiger partial charge in [0.1, 0.15) is 0 Å². The maximum absolute atomic E-state index is 12.3. The van der Waals surface area contributed by atoms with Gasteiger partial charge in [-0.05, 0) is 50.3 Å². The molecule has 0 radical (unpaired) electrons. The van der Waals surface area contributed by atoms with Crippen molar-refractivity contribution in [3.8, 4) is 0 Å². The van der Waals surface area contributed by atoms with Gasteiger partial charge < -0.3 is 10.3 Å². The topological polar surface area (TPSA) is 79.8 Å². The number of H-pyrrole nitrogens is 1. The number of aromatic amines is 1. The summed E-state index contributed by atoms with van der Waals surface area (Å²) in [6.07, 6.45) is 2.59. The van der Waals surface area contributed by atoms with E-state index in [9.17, 15) is 9.59 Å². The molecule has 0 aliphatic carbocycles. The van der Waals surface area contributed by atoms with Crippen molar-refractivity contribution in [3.05, 3.63) is 63.2 Å². The van der Waals surface area contributed by atoms with Crippen LogP contribution in [0.15, 0.2) is 35.3 Å². The fraction of sp³-hybridized carbons (Fsp3) is 0.350. The van der Waals surface area contributed by atoms with Crippen molar-refractivity contribution in [1.29, 1.82) is 0 Å². The van der Waals surface area contributed by atoms with Crippen LogP contribution in [0.5, 0.6) is 0 Å². The van der Waals surface area contributed by atoms with Crippen molar-refractivity contribution < 1.29 is 4.79 Å². The molecule has 0 aliphatic rings. The summed E-state index contributed by atoms with van der Waals surface area (Å²) in [5.41, 5.74) is 4.32. The first kappa shape index (κ1) is 17.9. The van der Waals surface area contributed by atoms with E-state index in [-0.39, 0.29) is 23.9 Å². The molecule has 136 valence electrons. The summed E-state index contributed by atoms with van der Waals surface area (Å²) in [6.45, 7) is 5.85. The van der Waals surface area contributed by atoms with E-state index < -0.39 is 0 Å². The van der Waals surface area contributed by atoms with E-state index in [2.05, 4.69) is 15.4 Å². The highest BCUT2D eigenvalue weighted by molar-refractivity contribution is 5.80. The van der Waals surface area contributed by atoms with Gasteiger partial charge in [0, 0.05) is 36.3 Å². The smallest absolute Gasteiger partial charge is 0.251 e. The summed E-state index contributed by atoms with van der Waals surface area (Å²) in [6, 6.07) is 7.70. The minimum atomic E-state index is -0.132. The number of aromatic nitrogens is 3. The number of nitrogens with one attached hydrogen (secondary N) is 2. The molecule has 0 saturated heterocycles. The van der Waals surface area contributed by atoms with Gasteiger partial charge in [-0.3, -0.25) is 14.3 Å². The zero-order valence-electron chi connectivity index (χ0n) is 15.6. The molecule has 26 heavy (non-hydrogen) atoms. The second-order valence-corrected chi connectivity index (χ2v) is 6.85. The Hall–Kier alpha value is -2.89. The molecule has 3 rings (SSSR count). The fourth-order valence-corrected chi connectivity index (χ4v) is 3.23. The van der Waals surface area contributed by atoms with Crippen LogP contribution in [0.2, 0.25) is 0 Å². The molecule has 6 heteroatoms. The van der Waals surface area contributed by atoms with Crippen LogP contribution in [-0.2, 0) is 18.3 Å². The number of amides is 1. The number of hydrogen-bond acceptors (Lipinski definition) is 3. The molecule has 0 spiro atoms. The monoisotopic (exact) mass is 352 g/mol. The number of fused-ring (bicyclic) bond motifs is 1. The van der Waals surface area contributed by atoms with Crippen molar-refractivity contribution in [2.24, 2.45) is 7.05 Å². The minimum absolute atomic E-state index is 0.0795. The molecule has 2 N–H and O–H groups in total. The van der Waals surface area contributed by atoms with Gasteiger partial charge in [-0.2, -0.15) is 5.10 Å². The van der Waals surface area contributed by atoms with Crippen molar-refractivity contribution in [2.75, 3.05) is 0 Å². The maximum Gasteiger partial charge on any atom is 0.251 e. The number of carbonyl (C=O) groups is 1. The Morgan fingerprint density at radius 1 is 1.31 bits per heavy atom. The quantitative estimate of drug-likeness (QED) is 0.741. The average molecular weight is 352 g/mol. The second kappa shape index (κ2) is 7.15. The maximum atomic E-state index is 12.3. The highest BCUT2D eigenvalue weighted by Crippen LogP contribution is 2.16. The Morgan fingerprint density at radius 3 is 2.77 bits per heavy atom. The van der Waals surface area contributed by atoms with Gasteiger partial charge in [0.2, 0.25) is 5.91 Å². The van der Waals surface area contributed by atoms with Crippen molar-refractivity contribution in [3.63, 3.8) is 0 Å². The molecule has 1 amide bonds. The van der Waals surface area contributed by atoms with Crippen molar-refractivity contribution in [1.82, 2.24) is 20.1 Å². The lowest BCUT2D eigenvalue weighted by Crippen LogP contribution is -2.27. The number of rotatable bonds is 5. The molecule has 3 aromatic rings. The third-order valence-corrected chi connectivity index (χ3v) is 4.60. The van der Waals surface area contributed by atoms with Crippen LogP contribution in [0, 0.1) is 13.8 Å². The predicted octanol–water partition coefficient (Wildman–Crippen LogP) is 2.69.